The molecule has 0 radical (unpaired) electrons. The minimum atomic E-state index is -0.445. The highest BCUT2D eigenvalue weighted by Crippen LogP contribution is 2.24. The molecule has 2 amide bonds. The van der Waals surface area contributed by atoms with Crippen LogP contribution in [0.1, 0.15) is 44.2 Å². The Morgan fingerprint density at radius 2 is 1.96 bits per heavy atom. The third-order valence-electron chi connectivity index (χ3n) is 2.71. The molecule has 24 heavy (non-hydrogen) atoms. The maximum absolute atomic E-state index is 11.9. The van der Waals surface area contributed by atoms with E-state index in [4.69, 9.17) is 9.26 Å². The lowest BCUT2D eigenvalue weighted by Crippen LogP contribution is -2.40. The smallest absolute Gasteiger partial charge is 0.316 e. The monoisotopic (exact) mass is 332 g/mol. The molecular weight excluding hydrogens is 312 g/mol. The van der Waals surface area contributed by atoms with Gasteiger partial charge in [-0.2, -0.15) is 4.98 Å². The fourth-order valence-electron chi connectivity index (χ4n) is 1.83. The second-order valence-corrected chi connectivity index (χ2v) is 6.19. The van der Waals surface area contributed by atoms with E-state index < -0.39 is 11.4 Å². The van der Waals surface area contributed by atoms with Gasteiger partial charge in [-0.1, -0.05) is 17.3 Å². The molecule has 0 fully saturated rings. The van der Waals surface area contributed by atoms with Crippen molar-refractivity contribution >= 4 is 17.5 Å². The Morgan fingerprint density at radius 3 is 2.62 bits per heavy atom. The number of amides is 2. The third kappa shape index (κ3) is 5.08. The SMILES string of the molecule is CC(=O)Nc1ccccc1OCc1noc(C(=O)NC(C)(C)C)n1. The van der Waals surface area contributed by atoms with E-state index in [0.717, 1.165) is 0 Å². The van der Waals surface area contributed by atoms with Crippen LogP contribution >= 0.6 is 0 Å². The summed E-state index contributed by atoms with van der Waals surface area (Å²) in [4.78, 5) is 27.1. The van der Waals surface area contributed by atoms with Gasteiger partial charge in [-0.3, -0.25) is 9.59 Å². The molecule has 0 unspecified atom stereocenters. The minimum Gasteiger partial charge on any atom is -0.483 e. The van der Waals surface area contributed by atoms with Gasteiger partial charge in [0.15, 0.2) is 6.61 Å². The standard InChI is InChI=1S/C16H20N4O4/c1-10(21)17-11-7-5-6-8-12(11)23-9-13-18-15(24-20-13)14(22)19-16(2,3)4/h5-8H,9H2,1-4H3,(H,17,21)(H,19,22). The van der Waals surface area contributed by atoms with E-state index in [9.17, 15) is 9.59 Å². The predicted octanol–water partition coefficient (Wildman–Crippen LogP) is 2.14. The molecule has 0 aliphatic rings. The zero-order chi connectivity index (χ0) is 17.7. The molecule has 0 atom stereocenters. The molecule has 0 spiro atoms. The Balaban J connectivity index is 2.01. The van der Waals surface area contributed by atoms with Crippen LogP contribution < -0.4 is 15.4 Å². The van der Waals surface area contributed by atoms with Crippen LogP contribution in [0.25, 0.3) is 0 Å². The third-order valence-corrected chi connectivity index (χ3v) is 2.71. The molecule has 0 saturated carbocycles. The summed E-state index contributed by atoms with van der Waals surface area (Å²) in [5.74, 6) is -0.0739. The van der Waals surface area contributed by atoms with E-state index >= 15 is 0 Å². The van der Waals surface area contributed by atoms with Crippen molar-refractivity contribution in [3.05, 3.63) is 36.0 Å². The Morgan fingerprint density at radius 1 is 1.25 bits per heavy atom. The van der Waals surface area contributed by atoms with Gasteiger partial charge in [-0.15, -0.1) is 0 Å². The molecule has 0 saturated heterocycles. The van der Waals surface area contributed by atoms with Crippen LogP contribution in [-0.4, -0.2) is 27.5 Å². The van der Waals surface area contributed by atoms with E-state index in [0.29, 0.717) is 11.4 Å². The number of hydrogen-bond donors (Lipinski definition) is 2. The Bertz CT molecular complexity index is 734. The van der Waals surface area contributed by atoms with E-state index in [-0.39, 0.29) is 24.2 Å². The zero-order valence-electron chi connectivity index (χ0n) is 14.0. The second-order valence-electron chi connectivity index (χ2n) is 6.19. The zero-order valence-corrected chi connectivity index (χ0v) is 14.0. The lowest BCUT2D eigenvalue weighted by molar-refractivity contribution is -0.114. The highest BCUT2D eigenvalue weighted by Gasteiger charge is 2.21. The predicted molar refractivity (Wildman–Crippen MR) is 86.6 cm³/mol. The molecule has 8 heteroatoms. The van der Waals surface area contributed by atoms with E-state index in [1.54, 1.807) is 24.3 Å². The number of benzene rings is 1. The van der Waals surface area contributed by atoms with E-state index in [1.807, 2.05) is 20.8 Å². The number of nitrogens with zero attached hydrogens (tertiary/aromatic N) is 2. The Hall–Kier alpha value is -2.90. The lowest BCUT2D eigenvalue weighted by atomic mass is 10.1. The number of carbonyl (C=O) groups is 2. The first-order valence-corrected chi connectivity index (χ1v) is 7.39. The van der Waals surface area contributed by atoms with Gasteiger partial charge in [-0.25, -0.2) is 0 Å². The highest BCUT2D eigenvalue weighted by atomic mass is 16.5. The van der Waals surface area contributed by atoms with Gasteiger partial charge in [0.1, 0.15) is 5.75 Å². The molecule has 1 heterocycles. The quantitative estimate of drug-likeness (QED) is 0.869. The fraction of sp³-hybridized carbons (Fsp3) is 0.375. The van der Waals surface area contributed by atoms with Crippen LogP contribution in [0.5, 0.6) is 5.75 Å². The largest absolute Gasteiger partial charge is 0.483 e. The van der Waals surface area contributed by atoms with Crippen molar-refractivity contribution in [1.82, 2.24) is 15.5 Å². The van der Waals surface area contributed by atoms with Gasteiger partial charge >= 0.3 is 11.8 Å². The summed E-state index contributed by atoms with van der Waals surface area (Å²) in [5, 5.41) is 9.11. The number of rotatable bonds is 5. The summed E-state index contributed by atoms with van der Waals surface area (Å²) < 4.78 is 10.5. The second kappa shape index (κ2) is 7.12. The summed E-state index contributed by atoms with van der Waals surface area (Å²) in [5.41, 5.74) is 0.138. The molecule has 2 aromatic rings. The molecular formula is C16H20N4O4. The molecule has 0 aliphatic heterocycles. The fourth-order valence-corrected chi connectivity index (χ4v) is 1.83. The topological polar surface area (TPSA) is 106 Å². The Labute approximate surface area is 139 Å². The minimum absolute atomic E-state index is 0.00287. The molecule has 0 aliphatic carbocycles. The van der Waals surface area contributed by atoms with E-state index in [2.05, 4.69) is 20.8 Å². The van der Waals surface area contributed by atoms with Crippen LogP contribution in [0.15, 0.2) is 28.8 Å². The number of nitrogens with one attached hydrogen (secondary N) is 2. The number of carbonyl (C=O) groups excluding carboxylic acids is 2. The average molecular weight is 332 g/mol. The maximum atomic E-state index is 11.9. The van der Waals surface area contributed by atoms with Crippen molar-refractivity contribution in [3.8, 4) is 5.75 Å². The van der Waals surface area contributed by atoms with Crippen LogP contribution in [0.2, 0.25) is 0 Å². The first kappa shape index (κ1) is 17.5. The van der Waals surface area contributed by atoms with Gasteiger partial charge in [0, 0.05) is 12.5 Å². The first-order chi connectivity index (χ1) is 11.2. The molecule has 128 valence electrons. The average Bonchev–Trinajstić information content (AvgIpc) is 2.93. The number of ether oxygens (including phenoxy) is 1. The molecule has 1 aromatic heterocycles. The van der Waals surface area contributed by atoms with E-state index in [1.165, 1.54) is 6.92 Å². The molecule has 2 rings (SSSR count). The van der Waals surface area contributed by atoms with Crippen LogP contribution in [0, 0.1) is 0 Å². The first-order valence-electron chi connectivity index (χ1n) is 7.39. The number of para-hydroxylation sites is 2. The summed E-state index contributed by atoms with van der Waals surface area (Å²) in [7, 11) is 0. The Kier molecular flexibility index (Phi) is 5.18. The van der Waals surface area contributed by atoms with Crippen molar-refractivity contribution < 1.29 is 18.8 Å². The lowest BCUT2D eigenvalue weighted by Gasteiger charge is -2.18. The molecule has 0 bridgehead atoms. The van der Waals surface area contributed by atoms with Crippen LogP contribution in [0.4, 0.5) is 5.69 Å². The number of hydrogen-bond acceptors (Lipinski definition) is 6. The number of anilines is 1. The van der Waals surface area contributed by atoms with Crippen molar-refractivity contribution in [1.29, 1.82) is 0 Å². The summed E-state index contributed by atoms with van der Waals surface area (Å²) in [6.45, 7) is 6.97. The molecule has 8 nitrogen and oxygen atoms in total. The van der Waals surface area contributed by atoms with Gasteiger partial charge in [0.25, 0.3) is 0 Å². The van der Waals surface area contributed by atoms with Gasteiger partial charge < -0.3 is 19.9 Å². The van der Waals surface area contributed by atoms with Crippen molar-refractivity contribution in [2.45, 2.75) is 39.8 Å². The summed E-state index contributed by atoms with van der Waals surface area (Å²) in [6, 6.07) is 6.98. The number of aromatic nitrogens is 2. The van der Waals surface area contributed by atoms with Crippen LogP contribution in [0.3, 0.4) is 0 Å². The molecule has 1 aromatic carbocycles. The van der Waals surface area contributed by atoms with Crippen molar-refractivity contribution in [2.75, 3.05) is 5.32 Å². The summed E-state index contributed by atoms with van der Waals surface area (Å²) in [6.07, 6.45) is 0. The normalized spacial score (nSPS) is 11.0. The van der Waals surface area contributed by atoms with Gasteiger partial charge in [0.05, 0.1) is 5.69 Å². The van der Waals surface area contributed by atoms with Gasteiger partial charge in [-0.05, 0) is 32.9 Å². The summed E-state index contributed by atoms with van der Waals surface area (Å²) >= 11 is 0. The maximum Gasteiger partial charge on any atom is 0.316 e. The van der Waals surface area contributed by atoms with Crippen LogP contribution in [-0.2, 0) is 11.4 Å². The van der Waals surface area contributed by atoms with Gasteiger partial charge in [0.2, 0.25) is 11.7 Å². The van der Waals surface area contributed by atoms with Crippen molar-refractivity contribution in [3.63, 3.8) is 0 Å². The highest BCUT2D eigenvalue weighted by molar-refractivity contribution is 5.90. The molecule has 2 N–H and O–H groups in total. The van der Waals surface area contributed by atoms with Crippen molar-refractivity contribution in [2.24, 2.45) is 0 Å².